The van der Waals surface area contributed by atoms with Gasteiger partial charge in [0.2, 0.25) is 5.95 Å². The van der Waals surface area contributed by atoms with Gasteiger partial charge in [0.05, 0.1) is 50.6 Å². The Balaban J connectivity index is 0.000000129. The van der Waals surface area contributed by atoms with Gasteiger partial charge in [-0.15, -0.1) is 0 Å². The van der Waals surface area contributed by atoms with E-state index in [1.807, 2.05) is 6.92 Å². The molecule has 0 aromatic carbocycles. The SMILES string of the molecule is C/C=C1\CCC2(CCN(c3cnc(Sc4ccnc(N)c4Cl)c(N)n3)CC2)[C@@H]1N.C/C=C1\CCC2(CCN(c3nc(N)c(Sc4ccnc(N)c4Cl)nc3C)CC2)[C@@H]1N.C=C1CCC2(CCN(c3cnc(Sc4ccnc(N)c4Cl)c(N)n3)CC2)[C@@H]1N.C=C1CCC2(CCN(c3cnc(Sc4ccnc(N)n4)c(N)n3)CC2)[C@@H]1N.CC(C)=C1CCC2(CCN(c3cnc(Sc4ccnc(N)c4Cl)c(N)n3)CC2)[C@@H]1N. The van der Waals surface area contributed by atoms with Gasteiger partial charge in [0, 0.05) is 146 Å². The number of allylic oxidation sites excluding steroid dienone is 3. The van der Waals surface area contributed by atoms with Gasteiger partial charge in [-0.2, -0.15) is 0 Å². The molecule has 45 heteroatoms. The number of nitrogen functional groups attached to an aromatic ring is 10. The number of aryl methyl sites for hydroxylation is 1. The zero-order valence-electron chi connectivity index (χ0n) is 81.9. The van der Waals surface area contributed by atoms with Gasteiger partial charge in [0.25, 0.3) is 0 Å². The molecular weight excluding hydrogens is 2000 g/mol. The van der Waals surface area contributed by atoms with E-state index in [-0.39, 0.29) is 86.5 Å². The van der Waals surface area contributed by atoms with Crippen molar-refractivity contribution in [2.45, 2.75) is 243 Å². The summed E-state index contributed by atoms with van der Waals surface area (Å²) in [5.74, 6) is 7.34. The summed E-state index contributed by atoms with van der Waals surface area (Å²) < 4.78 is 0. The van der Waals surface area contributed by atoms with Gasteiger partial charge in [0.15, 0.2) is 34.9 Å². The number of halogens is 4. The van der Waals surface area contributed by atoms with Crippen LogP contribution in [0.3, 0.4) is 0 Å². The zero-order valence-corrected chi connectivity index (χ0v) is 89.0. The van der Waals surface area contributed by atoms with Gasteiger partial charge in [-0.1, -0.05) is 152 Å². The first-order chi connectivity index (χ1) is 68.9. The summed E-state index contributed by atoms with van der Waals surface area (Å²) in [5, 5.41) is 5.32. The highest BCUT2D eigenvalue weighted by Crippen LogP contribution is 2.55. The summed E-state index contributed by atoms with van der Waals surface area (Å²) in [5.41, 5.74) is 102. The van der Waals surface area contributed by atoms with Gasteiger partial charge in [-0.25, -0.2) is 79.7 Å². The second-order valence-electron chi connectivity index (χ2n) is 39.0. The number of hydrogen-bond acceptors (Lipinski definition) is 41. The van der Waals surface area contributed by atoms with E-state index in [2.05, 4.69) is 147 Å². The van der Waals surface area contributed by atoms with Crippen LogP contribution >= 0.6 is 105 Å². The molecule has 36 nitrogen and oxygen atoms in total. The van der Waals surface area contributed by atoms with Crippen LogP contribution in [0, 0.1) is 34.0 Å². The molecule has 10 aromatic heterocycles. The number of nitrogens with two attached hydrogens (primary N) is 15. The maximum absolute atomic E-state index is 6.66. The van der Waals surface area contributed by atoms with Crippen LogP contribution in [0.1, 0.15) is 162 Å². The lowest BCUT2D eigenvalue weighted by molar-refractivity contribution is 0.204. The molecule has 0 amide bonds. The number of piperidine rings is 5. The summed E-state index contributed by atoms with van der Waals surface area (Å²) in [4.78, 5) is 84.0. The Morgan fingerprint density at radius 2 is 0.611 bits per heavy atom. The van der Waals surface area contributed by atoms with Gasteiger partial charge >= 0.3 is 0 Å². The highest BCUT2D eigenvalue weighted by Gasteiger charge is 2.51. The number of aromatic nitrogens is 16. The minimum Gasteiger partial charge on any atom is -0.382 e. The normalized spacial score (nSPS) is 21.7. The zero-order chi connectivity index (χ0) is 102. The van der Waals surface area contributed by atoms with E-state index < -0.39 is 0 Å². The van der Waals surface area contributed by atoms with Crippen LogP contribution in [0.5, 0.6) is 0 Å². The lowest BCUT2D eigenvalue weighted by atomic mass is 9.73. The third kappa shape index (κ3) is 23.1. The average Bonchev–Trinajstić information content (AvgIpc) is 1.60. The molecule has 0 bridgehead atoms. The van der Waals surface area contributed by atoms with Gasteiger partial charge in [0.1, 0.15) is 76.7 Å². The Hall–Kier alpha value is -10.5. The highest BCUT2D eigenvalue weighted by molar-refractivity contribution is 8.00. The maximum atomic E-state index is 6.66. The summed E-state index contributed by atoms with van der Waals surface area (Å²) >= 11 is 31.6. The average molecular weight is 2130 g/mol. The predicted molar refractivity (Wildman–Crippen MR) is 588 cm³/mol. The molecular formula is C99H130Cl4N36S5. The number of hydrogen-bond donors (Lipinski definition) is 15. The van der Waals surface area contributed by atoms with Crippen molar-refractivity contribution in [1.82, 2.24) is 79.7 Å². The van der Waals surface area contributed by atoms with Crippen molar-refractivity contribution >= 4 is 193 Å². The van der Waals surface area contributed by atoms with Gasteiger partial charge in [-0.05, 0) is 232 Å². The van der Waals surface area contributed by atoms with Crippen LogP contribution in [-0.2, 0) is 0 Å². The molecule has 5 saturated heterocycles. The van der Waals surface area contributed by atoms with Crippen molar-refractivity contribution in [3.8, 4) is 0 Å². The monoisotopic (exact) mass is 2120 g/mol. The summed E-state index contributed by atoms with van der Waals surface area (Å²) in [7, 11) is 0. The minimum atomic E-state index is 0.113. The molecule has 0 unspecified atom stereocenters. The molecule has 764 valence electrons. The van der Waals surface area contributed by atoms with Crippen LogP contribution in [-0.4, -0.2) is 175 Å². The molecule has 10 aliphatic rings. The standard InChI is InChI=1S/2C21H28ClN7S.C20H26ClN7S.C19H24ClN7S.C18H24N8S/c1-12(2)13-3-5-21(17(13)23)6-9-29(10-7-21)15-11-27-20(19(25)28-15)30-14-4-8-26-18(24)16(14)22;1-3-13-4-6-21(16(13)23)7-10-29(11-8-21)19-12(2)27-20(18(25)28-19)30-14-5-9-26-17(24)15(14)22;1-2-12-3-5-20(16(12)22)6-9-28(10-7-20)14-11-26-19(18(24)27-14)29-13-4-8-25-17(23)15(13)21;1-11-2-4-19(15(11)21)5-8-27(9-6-19)13-10-25-18(17(23)26-13)28-12-3-7-24-16(22)14(12)20;1-11-2-4-18(14(11)19)5-8-26(9-6-18)12-10-23-16(15(20)24-12)27-13-3-7-22-17(21)25-13/h4,8,11,17H,3,5-7,9-10,23H2,1-2H3,(H2,24,26)(H2,25,28);3,5,9,16H,4,6-8,10-11,23H2,1-2H3,(H2,24,26)(H2,25,28);2,4,8,11,16H,3,5-7,9-10,22H2,1H3,(H2,23,25)(H2,24,27);3,7,10,15H,1-2,4-6,8-9,21H2,(H2,22,24)(H2,23,26);3,7,10,14H,1-2,4-6,8-9,19H2,(H2,20,24)(H2,21,22,25)/b;13-3+;12-2+;;/t17-;2*16-;15-;14-/m11111/s1. The van der Waals surface area contributed by atoms with Crippen LogP contribution in [0.15, 0.2) is 195 Å². The lowest BCUT2D eigenvalue weighted by Gasteiger charge is -2.42. The molecule has 5 aliphatic carbocycles. The van der Waals surface area contributed by atoms with E-state index in [1.165, 1.54) is 112 Å². The molecule has 0 radical (unpaired) electrons. The largest absolute Gasteiger partial charge is 0.382 e. The number of nitrogens with zero attached hydrogens (tertiary/aromatic N) is 21. The van der Waals surface area contributed by atoms with E-state index >= 15 is 0 Å². The Bertz CT molecular complexity index is 6450. The first-order valence-corrected chi connectivity index (χ1v) is 54.1. The van der Waals surface area contributed by atoms with Crippen molar-refractivity contribution < 1.29 is 0 Å². The molecule has 5 aliphatic heterocycles. The maximum Gasteiger partial charge on any atom is 0.221 e. The highest BCUT2D eigenvalue weighted by atomic mass is 35.5. The molecule has 5 saturated carbocycles. The van der Waals surface area contributed by atoms with Gasteiger partial charge in [-0.3, -0.25) is 0 Å². The fraction of sp³-hybridized carbons (Fsp3) is 0.455. The van der Waals surface area contributed by atoms with Gasteiger partial charge < -0.3 is 111 Å². The van der Waals surface area contributed by atoms with Crippen molar-refractivity contribution in [2.75, 3.05) is 147 Å². The second-order valence-corrected chi connectivity index (χ2v) is 45.6. The first-order valence-electron chi connectivity index (χ1n) is 48.5. The minimum absolute atomic E-state index is 0.113. The smallest absolute Gasteiger partial charge is 0.221 e. The Kier molecular flexibility index (Phi) is 33.5. The molecule has 30 N–H and O–H groups in total. The fourth-order valence-corrected chi connectivity index (χ4v) is 26.7. The van der Waals surface area contributed by atoms with Crippen molar-refractivity contribution in [1.29, 1.82) is 0 Å². The second kappa shape index (κ2) is 45.5. The summed E-state index contributed by atoms with van der Waals surface area (Å²) in [6, 6.07) is 9.68. The first kappa shape index (κ1) is 106. The van der Waals surface area contributed by atoms with Crippen LogP contribution in [0.25, 0.3) is 0 Å². The van der Waals surface area contributed by atoms with Crippen LogP contribution < -0.4 is 111 Å². The lowest BCUT2D eigenvalue weighted by Crippen LogP contribution is -2.47. The Morgan fingerprint density at radius 3 is 0.903 bits per heavy atom. The van der Waals surface area contributed by atoms with E-state index in [0.717, 1.165) is 229 Å². The topological polar surface area (TPSA) is 613 Å². The molecule has 15 heterocycles. The van der Waals surface area contributed by atoms with Crippen LogP contribution in [0.4, 0.5) is 87.4 Å². The molecule has 10 aromatic rings. The number of rotatable bonds is 15. The molecule has 5 spiro atoms. The summed E-state index contributed by atoms with van der Waals surface area (Å²) in [6.07, 6.45) is 41.4. The molecule has 5 atom stereocenters. The molecule has 10 fully saturated rings. The van der Waals surface area contributed by atoms with E-state index in [0.29, 0.717) is 79.3 Å². The van der Waals surface area contributed by atoms with Crippen molar-refractivity contribution in [3.05, 3.63) is 171 Å². The van der Waals surface area contributed by atoms with E-state index in [9.17, 15) is 0 Å². The predicted octanol–water partition coefficient (Wildman–Crippen LogP) is 16.1. The fourth-order valence-electron chi connectivity index (χ4n) is 21.8. The van der Waals surface area contributed by atoms with E-state index in [4.69, 9.17) is 142 Å². The van der Waals surface area contributed by atoms with Crippen LogP contribution in [0.2, 0.25) is 20.1 Å². The van der Waals surface area contributed by atoms with E-state index in [1.54, 1.807) is 86.1 Å². The molecule has 20 rings (SSSR count). The Labute approximate surface area is 882 Å². The summed E-state index contributed by atoms with van der Waals surface area (Å²) in [6.45, 7) is 27.9. The van der Waals surface area contributed by atoms with Crippen molar-refractivity contribution in [2.24, 2.45) is 55.7 Å². The molecule has 144 heavy (non-hydrogen) atoms. The number of anilines is 15. The van der Waals surface area contributed by atoms with Crippen molar-refractivity contribution in [3.63, 3.8) is 0 Å². The third-order valence-electron chi connectivity index (χ3n) is 31.0. The quantitative estimate of drug-likeness (QED) is 0.0335. The Morgan fingerprint density at radius 1 is 0.326 bits per heavy atom. The third-order valence-corrected chi connectivity index (χ3v) is 38.2. The number of pyridine rings is 4.